The molecule has 1 aromatic rings. The highest BCUT2D eigenvalue weighted by molar-refractivity contribution is 9.09. The molecular weight excluding hydrogens is 322 g/mol. The number of benzene rings is 1. The summed E-state index contributed by atoms with van der Waals surface area (Å²) in [5, 5.41) is 3.09. The molecule has 0 heterocycles. The van der Waals surface area contributed by atoms with Crippen LogP contribution >= 0.6 is 15.9 Å². The first-order chi connectivity index (χ1) is 9.63. The summed E-state index contributed by atoms with van der Waals surface area (Å²) in [6.45, 7) is 0. The monoisotopic (exact) mass is 341 g/mol. The van der Waals surface area contributed by atoms with Crippen molar-refractivity contribution in [2.75, 3.05) is 14.2 Å². The van der Waals surface area contributed by atoms with Gasteiger partial charge >= 0.3 is 0 Å². The Hall–Kier alpha value is -1.23. The van der Waals surface area contributed by atoms with Gasteiger partial charge in [-0.05, 0) is 37.8 Å². The third-order valence-electron chi connectivity index (χ3n) is 3.65. The first-order valence-corrected chi connectivity index (χ1v) is 7.72. The maximum absolute atomic E-state index is 12.3. The smallest absolute Gasteiger partial charge is 0.255 e. The van der Waals surface area contributed by atoms with Crippen LogP contribution in [0.5, 0.6) is 11.5 Å². The van der Waals surface area contributed by atoms with Crippen LogP contribution in [-0.4, -0.2) is 31.0 Å². The highest BCUT2D eigenvalue weighted by atomic mass is 79.9. The van der Waals surface area contributed by atoms with Crippen LogP contribution in [0.15, 0.2) is 18.2 Å². The third kappa shape index (κ3) is 3.66. The molecule has 1 aliphatic carbocycles. The van der Waals surface area contributed by atoms with E-state index in [4.69, 9.17) is 9.47 Å². The minimum Gasteiger partial charge on any atom is -0.497 e. The van der Waals surface area contributed by atoms with Gasteiger partial charge in [-0.3, -0.25) is 4.79 Å². The summed E-state index contributed by atoms with van der Waals surface area (Å²) in [6, 6.07) is 5.49. The molecule has 1 aliphatic rings. The van der Waals surface area contributed by atoms with Gasteiger partial charge in [-0.1, -0.05) is 15.9 Å². The van der Waals surface area contributed by atoms with Crippen LogP contribution in [0.3, 0.4) is 0 Å². The molecule has 1 fully saturated rings. The van der Waals surface area contributed by atoms with Crippen LogP contribution in [0.25, 0.3) is 0 Å². The largest absolute Gasteiger partial charge is 0.497 e. The summed E-state index contributed by atoms with van der Waals surface area (Å²) < 4.78 is 10.4. The van der Waals surface area contributed by atoms with Gasteiger partial charge < -0.3 is 14.8 Å². The van der Waals surface area contributed by atoms with Crippen molar-refractivity contribution in [1.82, 2.24) is 5.32 Å². The second kappa shape index (κ2) is 6.97. The van der Waals surface area contributed by atoms with Gasteiger partial charge in [0.15, 0.2) is 0 Å². The van der Waals surface area contributed by atoms with Crippen LogP contribution < -0.4 is 14.8 Å². The number of nitrogens with one attached hydrogen (secondary N) is 1. The molecule has 1 saturated carbocycles. The fourth-order valence-electron chi connectivity index (χ4n) is 2.45. The number of amides is 1. The number of carbonyl (C=O) groups is 1. The third-order valence-corrected chi connectivity index (χ3v) is 4.56. The van der Waals surface area contributed by atoms with Gasteiger partial charge in [-0.15, -0.1) is 0 Å². The lowest BCUT2D eigenvalue weighted by Crippen LogP contribution is -2.37. The molecule has 0 unspecified atom stereocenters. The fraction of sp³-hybridized carbons (Fsp3) is 0.533. The lowest BCUT2D eigenvalue weighted by atomic mass is 9.95. The Morgan fingerprint density at radius 2 is 1.90 bits per heavy atom. The zero-order chi connectivity index (χ0) is 14.5. The van der Waals surface area contributed by atoms with E-state index in [1.54, 1.807) is 32.4 Å². The first-order valence-electron chi connectivity index (χ1n) is 6.81. The van der Waals surface area contributed by atoms with E-state index < -0.39 is 0 Å². The number of alkyl halides is 1. The van der Waals surface area contributed by atoms with Crippen LogP contribution in [0.1, 0.15) is 36.0 Å². The van der Waals surface area contributed by atoms with Crippen molar-refractivity contribution in [3.05, 3.63) is 23.8 Å². The van der Waals surface area contributed by atoms with Crippen LogP contribution in [-0.2, 0) is 0 Å². The number of carbonyl (C=O) groups excluding carboxylic acids is 1. The van der Waals surface area contributed by atoms with Crippen molar-refractivity contribution in [1.29, 1.82) is 0 Å². The second-order valence-corrected chi connectivity index (χ2v) is 6.28. The molecule has 5 heteroatoms. The van der Waals surface area contributed by atoms with Gasteiger partial charge in [-0.25, -0.2) is 0 Å². The summed E-state index contributed by atoms with van der Waals surface area (Å²) in [4.78, 5) is 12.9. The highest BCUT2D eigenvalue weighted by Gasteiger charge is 2.22. The summed E-state index contributed by atoms with van der Waals surface area (Å²) in [5.41, 5.74) is 0.550. The van der Waals surface area contributed by atoms with E-state index in [0.29, 0.717) is 21.9 Å². The topological polar surface area (TPSA) is 47.6 Å². The van der Waals surface area contributed by atoms with E-state index in [1.165, 1.54) is 0 Å². The van der Waals surface area contributed by atoms with Crippen molar-refractivity contribution in [3.63, 3.8) is 0 Å². The van der Waals surface area contributed by atoms with Gasteiger partial charge in [0, 0.05) is 16.9 Å². The van der Waals surface area contributed by atoms with E-state index in [0.717, 1.165) is 25.7 Å². The number of rotatable bonds is 4. The predicted molar refractivity (Wildman–Crippen MR) is 82.0 cm³/mol. The van der Waals surface area contributed by atoms with E-state index in [2.05, 4.69) is 21.2 Å². The molecule has 2 rings (SSSR count). The van der Waals surface area contributed by atoms with Gasteiger partial charge in [-0.2, -0.15) is 0 Å². The van der Waals surface area contributed by atoms with Crippen molar-refractivity contribution < 1.29 is 14.3 Å². The van der Waals surface area contributed by atoms with E-state index in [9.17, 15) is 4.79 Å². The second-order valence-electron chi connectivity index (χ2n) is 4.99. The molecule has 110 valence electrons. The van der Waals surface area contributed by atoms with Crippen molar-refractivity contribution >= 4 is 21.8 Å². The van der Waals surface area contributed by atoms with Crippen molar-refractivity contribution in [3.8, 4) is 11.5 Å². The Morgan fingerprint density at radius 1 is 1.20 bits per heavy atom. The summed E-state index contributed by atoms with van der Waals surface area (Å²) in [6.07, 6.45) is 4.23. The lowest BCUT2D eigenvalue weighted by molar-refractivity contribution is 0.0925. The zero-order valence-electron chi connectivity index (χ0n) is 11.8. The standard InChI is InChI=1S/C15H20BrNO3/c1-19-12-7-8-13(14(9-12)20-2)15(18)17-11-5-3-10(16)4-6-11/h7-11H,3-6H2,1-2H3,(H,17,18). The Bertz CT molecular complexity index is 470. The number of hydrogen-bond acceptors (Lipinski definition) is 3. The fourth-order valence-corrected chi connectivity index (χ4v) is 2.97. The molecule has 20 heavy (non-hydrogen) atoms. The maximum atomic E-state index is 12.3. The number of ether oxygens (including phenoxy) is 2. The van der Waals surface area contributed by atoms with E-state index >= 15 is 0 Å². The molecule has 1 N–H and O–H groups in total. The molecule has 4 nitrogen and oxygen atoms in total. The summed E-state index contributed by atoms with van der Waals surface area (Å²) in [5.74, 6) is 1.14. The number of methoxy groups -OCH3 is 2. The number of halogens is 1. The molecule has 0 aromatic heterocycles. The molecule has 0 bridgehead atoms. The van der Waals surface area contributed by atoms with Crippen molar-refractivity contribution in [2.24, 2.45) is 0 Å². The van der Waals surface area contributed by atoms with E-state index in [1.807, 2.05) is 0 Å². The van der Waals surface area contributed by atoms with Gasteiger partial charge in [0.05, 0.1) is 19.8 Å². The Balaban J connectivity index is 2.05. The average Bonchev–Trinajstić information content (AvgIpc) is 2.48. The average molecular weight is 342 g/mol. The maximum Gasteiger partial charge on any atom is 0.255 e. The SMILES string of the molecule is COc1ccc(C(=O)NC2CCC(Br)CC2)c(OC)c1. The van der Waals surface area contributed by atoms with Gasteiger partial charge in [0.2, 0.25) is 0 Å². The van der Waals surface area contributed by atoms with E-state index in [-0.39, 0.29) is 11.9 Å². The lowest BCUT2D eigenvalue weighted by Gasteiger charge is -2.26. The normalized spacial score (nSPS) is 22.1. The molecule has 1 aromatic carbocycles. The van der Waals surface area contributed by atoms with Crippen LogP contribution in [0.4, 0.5) is 0 Å². The minimum absolute atomic E-state index is 0.0810. The molecule has 0 atom stereocenters. The predicted octanol–water partition coefficient (Wildman–Crippen LogP) is 3.14. The van der Waals surface area contributed by atoms with Gasteiger partial charge in [0.1, 0.15) is 11.5 Å². The Kier molecular flexibility index (Phi) is 5.29. The molecule has 0 aliphatic heterocycles. The quantitative estimate of drug-likeness (QED) is 0.856. The van der Waals surface area contributed by atoms with Gasteiger partial charge in [0.25, 0.3) is 5.91 Å². The molecule has 0 spiro atoms. The molecule has 0 saturated heterocycles. The molecule has 0 radical (unpaired) electrons. The minimum atomic E-state index is -0.0810. The van der Waals surface area contributed by atoms with Crippen molar-refractivity contribution in [2.45, 2.75) is 36.6 Å². The van der Waals surface area contributed by atoms with Crippen LogP contribution in [0.2, 0.25) is 0 Å². The summed E-state index contributed by atoms with van der Waals surface area (Å²) in [7, 11) is 3.15. The highest BCUT2D eigenvalue weighted by Crippen LogP contribution is 2.27. The first kappa shape index (κ1) is 15.2. The molecular formula is C15H20BrNO3. The Labute approximate surface area is 128 Å². The number of hydrogen-bond donors (Lipinski definition) is 1. The molecule has 1 amide bonds. The zero-order valence-corrected chi connectivity index (χ0v) is 13.4. The van der Waals surface area contributed by atoms with Crippen LogP contribution in [0, 0.1) is 0 Å². The summed E-state index contributed by atoms with van der Waals surface area (Å²) >= 11 is 3.62. The Morgan fingerprint density at radius 3 is 2.50 bits per heavy atom.